The van der Waals surface area contributed by atoms with Crippen LogP contribution in [0.25, 0.3) is 0 Å². The molecule has 3 amide bonds. The van der Waals surface area contributed by atoms with E-state index >= 15 is 0 Å². The molecule has 0 bridgehead atoms. The van der Waals surface area contributed by atoms with Gasteiger partial charge < -0.3 is 20.0 Å². The van der Waals surface area contributed by atoms with Crippen LogP contribution in [0.5, 0.6) is 0 Å². The van der Waals surface area contributed by atoms with E-state index in [1.165, 1.54) is 0 Å². The Morgan fingerprint density at radius 3 is 2.16 bits per heavy atom. The number of nitrogens with one attached hydrogen (secondary N) is 1. The third-order valence-corrected chi connectivity index (χ3v) is 4.06. The monoisotopic (exact) mass is 268 g/mol. The van der Waals surface area contributed by atoms with Gasteiger partial charge in [-0.05, 0) is 26.3 Å². The van der Waals surface area contributed by atoms with Gasteiger partial charge in [0.2, 0.25) is 5.91 Å². The predicted molar refractivity (Wildman–Crippen MR) is 72.9 cm³/mol. The lowest BCUT2D eigenvalue weighted by atomic mass is 9.98. The fraction of sp³-hybridized carbons (Fsp3) is 0.846. The number of nitrogens with zero attached hydrogens (tertiary/aromatic N) is 3. The molecule has 2 saturated heterocycles. The molecule has 0 aromatic heterocycles. The first-order chi connectivity index (χ1) is 8.94. The average molecular weight is 268 g/mol. The summed E-state index contributed by atoms with van der Waals surface area (Å²) < 4.78 is 0. The average Bonchev–Trinajstić information content (AvgIpc) is 2.85. The lowest BCUT2D eigenvalue weighted by Gasteiger charge is -2.39. The standard InChI is InChI=1S/C13H24N4O2/c1-13(5-4-6-14-13)11(18)16-7-9-17(10-8-16)12(19)15(2)3/h14H,4-10H2,1-3H3. The number of carbonyl (C=O) groups excluding carboxylic acids is 2. The van der Waals surface area contributed by atoms with Crippen molar-refractivity contribution in [2.45, 2.75) is 25.3 Å². The molecule has 2 aliphatic heterocycles. The fourth-order valence-electron chi connectivity index (χ4n) is 2.81. The Balaban J connectivity index is 1.89. The number of piperazine rings is 1. The van der Waals surface area contributed by atoms with E-state index in [9.17, 15) is 9.59 Å². The van der Waals surface area contributed by atoms with Crippen LogP contribution < -0.4 is 5.32 Å². The maximum absolute atomic E-state index is 12.5. The van der Waals surface area contributed by atoms with Gasteiger partial charge in [0.1, 0.15) is 0 Å². The van der Waals surface area contributed by atoms with E-state index in [1.807, 2.05) is 11.8 Å². The van der Waals surface area contributed by atoms with Crippen LogP contribution in [-0.2, 0) is 4.79 Å². The maximum Gasteiger partial charge on any atom is 0.319 e. The summed E-state index contributed by atoms with van der Waals surface area (Å²) in [5, 5.41) is 3.30. The Labute approximate surface area is 114 Å². The van der Waals surface area contributed by atoms with Gasteiger partial charge in [-0.3, -0.25) is 4.79 Å². The second-order valence-corrected chi connectivity index (χ2v) is 5.82. The molecule has 0 saturated carbocycles. The molecular formula is C13H24N4O2. The largest absolute Gasteiger partial charge is 0.338 e. The molecule has 6 nitrogen and oxygen atoms in total. The molecule has 6 heteroatoms. The lowest BCUT2D eigenvalue weighted by Crippen LogP contribution is -2.59. The summed E-state index contributed by atoms with van der Waals surface area (Å²) in [6.07, 6.45) is 1.96. The molecule has 2 fully saturated rings. The van der Waals surface area contributed by atoms with Crippen molar-refractivity contribution in [1.82, 2.24) is 20.0 Å². The Morgan fingerprint density at radius 1 is 1.11 bits per heavy atom. The second-order valence-electron chi connectivity index (χ2n) is 5.82. The van der Waals surface area contributed by atoms with Crippen molar-refractivity contribution in [1.29, 1.82) is 0 Å². The first kappa shape index (κ1) is 14.1. The third-order valence-electron chi connectivity index (χ3n) is 4.06. The summed E-state index contributed by atoms with van der Waals surface area (Å²) in [5.41, 5.74) is -0.395. The zero-order valence-corrected chi connectivity index (χ0v) is 12.1. The first-order valence-electron chi connectivity index (χ1n) is 6.95. The number of hydrogen-bond acceptors (Lipinski definition) is 3. The van der Waals surface area contributed by atoms with Crippen molar-refractivity contribution in [3.05, 3.63) is 0 Å². The van der Waals surface area contributed by atoms with E-state index in [4.69, 9.17) is 0 Å². The highest BCUT2D eigenvalue weighted by molar-refractivity contribution is 5.86. The van der Waals surface area contributed by atoms with Crippen molar-refractivity contribution in [2.75, 3.05) is 46.8 Å². The first-order valence-corrected chi connectivity index (χ1v) is 6.95. The Kier molecular flexibility index (Phi) is 3.99. The smallest absolute Gasteiger partial charge is 0.319 e. The molecule has 2 heterocycles. The van der Waals surface area contributed by atoms with Gasteiger partial charge in [0.05, 0.1) is 5.54 Å². The normalized spacial score (nSPS) is 27.5. The molecule has 1 N–H and O–H groups in total. The highest BCUT2D eigenvalue weighted by Gasteiger charge is 2.40. The van der Waals surface area contributed by atoms with Gasteiger partial charge in [-0.1, -0.05) is 0 Å². The van der Waals surface area contributed by atoms with E-state index in [2.05, 4.69) is 5.32 Å². The molecule has 2 aliphatic rings. The molecule has 0 aromatic rings. The summed E-state index contributed by atoms with van der Waals surface area (Å²) in [4.78, 5) is 29.6. The van der Waals surface area contributed by atoms with Gasteiger partial charge in [-0.15, -0.1) is 0 Å². The Morgan fingerprint density at radius 2 is 1.68 bits per heavy atom. The van der Waals surface area contributed by atoms with Crippen molar-refractivity contribution in [2.24, 2.45) is 0 Å². The van der Waals surface area contributed by atoms with Gasteiger partial charge in [-0.2, -0.15) is 0 Å². The molecule has 1 atom stereocenters. The van der Waals surface area contributed by atoms with Crippen LogP contribution in [0.3, 0.4) is 0 Å². The summed E-state index contributed by atoms with van der Waals surface area (Å²) in [6.45, 7) is 5.42. The van der Waals surface area contributed by atoms with Crippen LogP contribution in [-0.4, -0.2) is 79.0 Å². The van der Waals surface area contributed by atoms with Gasteiger partial charge in [-0.25, -0.2) is 4.79 Å². The van der Waals surface area contributed by atoms with Crippen molar-refractivity contribution < 1.29 is 9.59 Å². The Bertz CT molecular complexity index is 356. The minimum Gasteiger partial charge on any atom is -0.338 e. The van der Waals surface area contributed by atoms with E-state index in [1.54, 1.807) is 23.9 Å². The summed E-state index contributed by atoms with van der Waals surface area (Å²) in [7, 11) is 3.51. The number of hydrogen-bond donors (Lipinski definition) is 1. The van der Waals surface area contributed by atoms with Gasteiger partial charge >= 0.3 is 6.03 Å². The summed E-state index contributed by atoms with van der Waals surface area (Å²) >= 11 is 0. The molecule has 19 heavy (non-hydrogen) atoms. The van der Waals surface area contributed by atoms with Crippen molar-refractivity contribution in [3.63, 3.8) is 0 Å². The molecule has 0 radical (unpaired) electrons. The van der Waals surface area contributed by atoms with Gasteiger partial charge in [0.25, 0.3) is 0 Å². The topological polar surface area (TPSA) is 55.9 Å². The predicted octanol–water partition coefficient (Wildman–Crippen LogP) is -0.0457. The zero-order valence-electron chi connectivity index (χ0n) is 12.1. The second kappa shape index (κ2) is 5.36. The zero-order chi connectivity index (χ0) is 14.0. The van der Waals surface area contributed by atoms with Crippen LogP contribution in [0, 0.1) is 0 Å². The minimum absolute atomic E-state index is 0.0253. The highest BCUT2D eigenvalue weighted by Crippen LogP contribution is 2.22. The van der Waals surface area contributed by atoms with E-state index < -0.39 is 5.54 Å². The van der Waals surface area contributed by atoms with Gasteiger partial charge in [0.15, 0.2) is 0 Å². The third kappa shape index (κ3) is 2.83. The molecule has 2 rings (SSSR count). The summed E-state index contributed by atoms with van der Waals surface area (Å²) in [6, 6.07) is 0.0253. The Hall–Kier alpha value is -1.30. The van der Waals surface area contributed by atoms with E-state index in [0.717, 1.165) is 19.4 Å². The van der Waals surface area contributed by atoms with Crippen LogP contribution in [0.15, 0.2) is 0 Å². The van der Waals surface area contributed by atoms with Crippen molar-refractivity contribution in [3.8, 4) is 0 Å². The lowest BCUT2D eigenvalue weighted by molar-refractivity contribution is -0.138. The van der Waals surface area contributed by atoms with Gasteiger partial charge in [0, 0.05) is 40.3 Å². The molecule has 108 valence electrons. The number of carbonyl (C=O) groups is 2. The number of amides is 3. The maximum atomic E-state index is 12.5. The SMILES string of the molecule is CN(C)C(=O)N1CCN(C(=O)C2(C)CCCN2)CC1. The van der Waals surface area contributed by atoms with Crippen LogP contribution in [0.1, 0.15) is 19.8 Å². The van der Waals surface area contributed by atoms with Crippen molar-refractivity contribution >= 4 is 11.9 Å². The van der Waals surface area contributed by atoms with Crippen LogP contribution in [0.2, 0.25) is 0 Å². The molecule has 0 aliphatic carbocycles. The highest BCUT2D eigenvalue weighted by atomic mass is 16.2. The minimum atomic E-state index is -0.395. The molecule has 0 spiro atoms. The molecule has 0 aromatic carbocycles. The molecule has 1 unspecified atom stereocenters. The fourth-order valence-corrected chi connectivity index (χ4v) is 2.81. The number of rotatable bonds is 1. The van der Waals surface area contributed by atoms with Crippen LogP contribution in [0.4, 0.5) is 4.79 Å². The quantitative estimate of drug-likeness (QED) is 0.726. The van der Waals surface area contributed by atoms with Crippen LogP contribution >= 0.6 is 0 Å². The number of urea groups is 1. The molecular weight excluding hydrogens is 244 g/mol. The summed E-state index contributed by atoms with van der Waals surface area (Å²) in [5.74, 6) is 0.182. The van der Waals surface area contributed by atoms with E-state index in [-0.39, 0.29) is 11.9 Å². The van der Waals surface area contributed by atoms with E-state index in [0.29, 0.717) is 26.2 Å².